The predicted octanol–water partition coefficient (Wildman–Crippen LogP) is 12.0. The van der Waals surface area contributed by atoms with Gasteiger partial charge in [0.15, 0.2) is 0 Å². The Hall–Kier alpha value is -6.63. The molecule has 0 fully saturated rings. The molecule has 0 bridgehead atoms. The molecule has 0 N–H and O–H groups in total. The van der Waals surface area contributed by atoms with E-state index in [4.69, 9.17) is 14.7 Å². The quantitative estimate of drug-likeness (QED) is 0.180. The largest absolute Gasteiger partial charge is 0.457 e. The number of hydrogen-bond acceptors (Lipinski definition) is 5. The van der Waals surface area contributed by atoms with Gasteiger partial charge in [-0.3, -0.25) is 9.97 Å². The summed E-state index contributed by atoms with van der Waals surface area (Å²) in [5, 5.41) is 2.40. The van der Waals surface area contributed by atoms with Crippen molar-refractivity contribution < 1.29 is 4.74 Å². The van der Waals surface area contributed by atoms with Crippen LogP contribution in [0.4, 0.5) is 17.1 Å². The van der Waals surface area contributed by atoms with Crippen LogP contribution in [0.5, 0.6) is 11.5 Å². The molecule has 0 amide bonds. The summed E-state index contributed by atoms with van der Waals surface area (Å²) in [5.74, 6) is 1.69. The highest BCUT2D eigenvalue weighted by Crippen LogP contribution is 2.61. The Morgan fingerprint density at radius 2 is 1.08 bits per heavy atom. The number of ether oxygens (including phenoxy) is 1. The lowest BCUT2D eigenvalue weighted by Crippen LogP contribution is -2.32. The average molecular weight is 697 g/mol. The van der Waals surface area contributed by atoms with Crippen molar-refractivity contribution in [2.75, 3.05) is 4.90 Å². The van der Waals surface area contributed by atoms with Gasteiger partial charge in [-0.05, 0) is 96.1 Å². The second-order valence-corrected chi connectivity index (χ2v) is 14.8. The third kappa shape index (κ3) is 3.82. The molecule has 5 nitrogen and oxygen atoms in total. The highest BCUT2D eigenvalue weighted by atomic mass is 32.2. The molecule has 2 aliphatic heterocycles. The normalized spacial score (nSPS) is 14.2. The maximum atomic E-state index is 6.72. The first-order chi connectivity index (χ1) is 26.3. The van der Waals surface area contributed by atoms with Crippen LogP contribution in [0.3, 0.4) is 0 Å². The van der Waals surface area contributed by atoms with Crippen molar-refractivity contribution in [1.29, 1.82) is 0 Å². The van der Waals surface area contributed by atoms with Gasteiger partial charge in [-0.25, -0.2) is 0 Å². The minimum absolute atomic E-state index is 0.646. The van der Waals surface area contributed by atoms with E-state index >= 15 is 0 Å². The maximum Gasteiger partial charge on any atom is 0.132 e. The van der Waals surface area contributed by atoms with Gasteiger partial charge in [-0.1, -0.05) is 84.6 Å². The van der Waals surface area contributed by atoms with Crippen LogP contribution in [0.15, 0.2) is 180 Å². The van der Waals surface area contributed by atoms with Crippen molar-refractivity contribution in [1.82, 2.24) is 14.5 Å². The number of nitrogens with zero attached hydrogens (tertiary/aromatic N) is 4. The molecule has 9 aromatic rings. The molecular weight excluding hydrogens is 669 g/mol. The zero-order chi connectivity index (χ0) is 34.7. The van der Waals surface area contributed by atoms with Crippen LogP contribution in [-0.2, 0) is 5.41 Å². The van der Waals surface area contributed by atoms with Gasteiger partial charge in [0.25, 0.3) is 0 Å². The lowest BCUT2D eigenvalue weighted by molar-refractivity contribution is 0.436. The van der Waals surface area contributed by atoms with E-state index in [0.717, 1.165) is 67.5 Å². The molecule has 0 saturated heterocycles. The second-order valence-electron chi connectivity index (χ2n) is 13.8. The summed E-state index contributed by atoms with van der Waals surface area (Å²) in [6, 6.07) is 56.6. The fourth-order valence-electron chi connectivity index (χ4n) is 9.05. The van der Waals surface area contributed by atoms with Gasteiger partial charge in [0, 0.05) is 55.5 Å². The summed E-state index contributed by atoms with van der Waals surface area (Å²) in [7, 11) is 0. The van der Waals surface area contributed by atoms with Gasteiger partial charge in [-0.15, -0.1) is 0 Å². The third-order valence-corrected chi connectivity index (χ3v) is 12.3. The van der Waals surface area contributed by atoms with E-state index in [9.17, 15) is 0 Å². The van der Waals surface area contributed by atoms with Crippen LogP contribution < -0.4 is 9.64 Å². The van der Waals surface area contributed by atoms with Crippen molar-refractivity contribution in [3.63, 3.8) is 0 Å². The molecule has 1 aliphatic carbocycles. The monoisotopic (exact) mass is 696 g/mol. The molecule has 1 spiro atoms. The van der Waals surface area contributed by atoms with Crippen LogP contribution in [-0.4, -0.2) is 14.5 Å². The molecule has 0 radical (unpaired) electrons. The predicted molar refractivity (Wildman–Crippen MR) is 213 cm³/mol. The summed E-state index contributed by atoms with van der Waals surface area (Å²) in [5.41, 5.74) is 12.5. The summed E-state index contributed by atoms with van der Waals surface area (Å²) < 4.78 is 9.13. The summed E-state index contributed by atoms with van der Waals surface area (Å²) in [6.07, 6.45) is 3.73. The SMILES string of the molecule is c1ccc2c(c1)Oc1ccc(-n3c4ccccc4c4cc(N5c6ccccc6Sc6ccccc65)ccc43)cc1C21c2cccnc2-c2ncccc21. The summed E-state index contributed by atoms with van der Waals surface area (Å²) in [4.78, 5) is 14.7. The number of hydrogen-bond donors (Lipinski definition) is 0. The Bertz CT molecular complexity index is 2910. The molecule has 5 heterocycles. The summed E-state index contributed by atoms with van der Waals surface area (Å²) in [6.45, 7) is 0. The van der Waals surface area contributed by atoms with Gasteiger partial charge in [0.2, 0.25) is 0 Å². The van der Waals surface area contributed by atoms with E-state index in [1.807, 2.05) is 42.4 Å². The first-order valence-corrected chi connectivity index (χ1v) is 18.6. The first-order valence-electron chi connectivity index (χ1n) is 17.8. The molecule has 0 saturated carbocycles. The Morgan fingerprint density at radius 1 is 0.472 bits per heavy atom. The number of para-hydroxylation sites is 4. The zero-order valence-electron chi connectivity index (χ0n) is 28.3. The smallest absolute Gasteiger partial charge is 0.132 e. The fraction of sp³-hybridized carbons (Fsp3) is 0.0213. The Balaban J connectivity index is 1.11. The minimum Gasteiger partial charge on any atom is -0.457 e. The zero-order valence-corrected chi connectivity index (χ0v) is 29.1. The third-order valence-electron chi connectivity index (χ3n) is 11.1. The highest BCUT2D eigenvalue weighted by molar-refractivity contribution is 7.99. The van der Waals surface area contributed by atoms with E-state index in [2.05, 4.69) is 149 Å². The van der Waals surface area contributed by atoms with E-state index in [1.54, 1.807) is 0 Å². The van der Waals surface area contributed by atoms with Crippen molar-refractivity contribution >= 4 is 50.6 Å². The Morgan fingerprint density at radius 3 is 1.85 bits per heavy atom. The molecule has 0 atom stereocenters. The van der Waals surface area contributed by atoms with Crippen molar-refractivity contribution in [3.05, 3.63) is 192 Å². The average Bonchev–Trinajstić information content (AvgIpc) is 3.70. The topological polar surface area (TPSA) is 43.2 Å². The van der Waals surface area contributed by atoms with Crippen LogP contribution in [0.1, 0.15) is 22.3 Å². The lowest BCUT2D eigenvalue weighted by atomic mass is 9.66. The maximum absolute atomic E-state index is 6.72. The molecular formula is C47H28N4OS. The molecule has 0 unspecified atom stereocenters. The van der Waals surface area contributed by atoms with Crippen LogP contribution in [0.2, 0.25) is 0 Å². The van der Waals surface area contributed by atoms with Gasteiger partial charge < -0.3 is 14.2 Å². The number of anilines is 3. The molecule has 6 aromatic carbocycles. The van der Waals surface area contributed by atoms with E-state index < -0.39 is 5.41 Å². The minimum atomic E-state index is -0.646. The van der Waals surface area contributed by atoms with Crippen LogP contribution in [0, 0.1) is 0 Å². The number of pyridine rings is 2. The van der Waals surface area contributed by atoms with Crippen molar-refractivity contribution in [3.8, 4) is 28.6 Å². The van der Waals surface area contributed by atoms with Crippen LogP contribution >= 0.6 is 11.8 Å². The van der Waals surface area contributed by atoms with Gasteiger partial charge in [0.1, 0.15) is 11.5 Å². The van der Waals surface area contributed by atoms with E-state index in [0.29, 0.717) is 0 Å². The van der Waals surface area contributed by atoms with Gasteiger partial charge in [0.05, 0.1) is 39.2 Å². The molecule has 6 heteroatoms. The molecule has 12 rings (SSSR count). The number of rotatable bonds is 2. The molecule has 3 aliphatic rings. The van der Waals surface area contributed by atoms with Crippen molar-refractivity contribution in [2.24, 2.45) is 0 Å². The number of aromatic nitrogens is 3. The van der Waals surface area contributed by atoms with Crippen molar-refractivity contribution in [2.45, 2.75) is 15.2 Å². The number of fused-ring (bicyclic) bond motifs is 14. The standard InChI is InChI=1S/C47H28N4OS/c1-3-15-37-31(11-1)32-27-29(51-39-16-4-7-19-43(39)53-44-20-8-5-17-40(44)51)21-23-38(32)50(37)30-22-24-42-36(28-30)47(33-12-2-6-18-41(33)52-42)34-13-9-25-48-45(34)46-35(47)14-10-26-49-46/h1-28H. The number of benzene rings is 6. The Labute approximate surface area is 309 Å². The summed E-state index contributed by atoms with van der Waals surface area (Å²) >= 11 is 1.83. The molecule has 53 heavy (non-hydrogen) atoms. The molecule has 3 aromatic heterocycles. The Kier molecular flexibility index (Phi) is 5.85. The molecule has 248 valence electrons. The van der Waals surface area contributed by atoms with E-state index in [1.165, 1.54) is 31.9 Å². The fourth-order valence-corrected chi connectivity index (χ4v) is 10.1. The van der Waals surface area contributed by atoms with Gasteiger partial charge >= 0.3 is 0 Å². The first kappa shape index (κ1) is 29.0. The highest BCUT2D eigenvalue weighted by Gasteiger charge is 2.52. The second kappa shape index (κ2) is 10.7. The van der Waals surface area contributed by atoms with Gasteiger partial charge in [-0.2, -0.15) is 0 Å². The lowest BCUT2D eigenvalue weighted by Gasteiger charge is -2.39. The van der Waals surface area contributed by atoms with E-state index in [-0.39, 0.29) is 0 Å². The van der Waals surface area contributed by atoms with Crippen LogP contribution in [0.25, 0.3) is 38.9 Å².